The van der Waals surface area contributed by atoms with E-state index in [2.05, 4.69) is 35.8 Å². The SMILES string of the molecule is CCCc1nnsc1C(NC)C1CCC(CC)CC1. The predicted molar refractivity (Wildman–Crippen MR) is 81.4 cm³/mol. The summed E-state index contributed by atoms with van der Waals surface area (Å²) in [4.78, 5) is 1.39. The van der Waals surface area contributed by atoms with E-state index in [1.807, 2.05) is 0 Å². The van der Waals surface area contributed by atoms with Crippen molar-refractivity contribution in [2.45, 2.75) is 64.8 Å². The van der Waals surface area contributed by atoms with E-state index >= 15 is 0 Å². The number of hydrogen-bond donors (Lipinski definition) is 1. The largest absolute Gasteiger partial charge is 0.312 e. The molecule has 1 fully saturated rings. The number of aromatic nitrogens is 2. The fraction of sp³-hybridized carbons (Fsp3) is 0.867. The van der Waals surface area contributed by atoms with Crippen molar-refractivity contribution in [2.75, 3.05) is 7.05 Å². The van der Waals surface area contributed by atoms with E-state index in [1.165, 1.54) is 42.7 Å². The average Bonchev–Trinajstić information content (AvgIpc) is 2.89. The smallest absolute Gasteiger partial charge is 0.0803 e. The van der Waals surface area contributed by atoms with Crippen molar-refractivity contribution < 1.29 is 0 Å². The van der Waals surface area contributed by atoms with Crippen LogP contribution in [0.4, 0.5) is 0 Å². The third-order valence-corrected chi connectivity index (χ3v) is 5.46. The van der Waals surface area contributed by atoms with Gasteiger partial charge in [-0.3, -0.25) is 0 Å². The third kappa shape index (κ3) is 3.54. The molecular weight excluding hydrogens is 254 g/mol. The summed E-state index contributed by atoms with van der Waals surface area (Å²) in [5, 5.41) is 7.87. The standard InChI is InChI=1S/C15H27N3S/c1-4-6-13-15(19-18-17-13)14(16-3)12-9-7-11(5-2)8-10-12/h11-12,14,16H,4-10H2,1-3H3. The summed E-state index contributed by atoms with van der Waals surface area (Å²) in [7, 11) is 2.09. The van der Waals surface area contributed by atoms with Crippen LogP contribution in [-0.2, 0) is 6.42 Å². The Morgan fingerprint density at radius 2 is 2.00 bits per heavy atom. The van der Waals surface area contributed by atoms with Gasteiger partial charge in [0.1, 0.15) is 0 Å². The molecule has 0 saturated heterocycles. The molecule has 1 aliphatic carbocycles. The molecule has 3 nitrogen and oxygen atoms in total. The number of hydrogen-bond acceptors (Lipinski definition) is 4. The van der Waals surface area contributed by atoms with E-state index in [9.17, 15) is 0 Å². The maximum absolute atomic E-state index is 4.33. The molecule has 0 spiro atoms. The maximum Gasteiger partial charge on any atom is 0.0803 e. The normalized spacial score (nSPS) is 25.4. The highest BCUT2D eigenvalue weighted by molar-refractivity contribution is 7.05. The summed E-state index contributed by atoms with van der Waals surface area (Å²) >= 11 is 1.60. The van der Waals surface area contributed by atoms with Crippen LogP contribution in [0.15, 0.2) is 0 Å². The van der Waals surface area contributed by atoms with Gasteiger partial charge in [-0.25, -0.2) is 0 Å². The molecule has 1 aromatic heterocycles. The first-order valence-corrected chi connectivity index (χ1v) is 8.55. The second-order valence-electron chi connectivity index (χ2n) is 5.79. The van der Waals surface area contributed by atoms with E-state index in [0.29, 0.717) is 6.04 Å². The van der Waals surface area contributed by atoms with Gasteiger partial charge in [0.05, 0.1) is 10.6 Å². The maximum atomic E-state index is 4.33. The molecule has 1 atom stereocenters. The summed E-state index contributed by atoms with van der Waals surface area (Å²) < 4.78 is 4.19. The first kappa shape index (κ1) is 14.9. The van der Waals surface area contributed by atoms with Crippen molar-refractivity contribution in [3.63, 3.8) is 0 Å². The highest BCUT2D eigenvalue weighted by Crippen LogP contribution is 2.39. The van der Waals surface area contributed by atoms with Crippen LogP contribution in [-0.4, -0.2) is 16.6 Å². The zero-order chi connectivity index (χ0) is 13.7. The molecule has 1 saturated carbocycles. The number of nitrogens with one attached hydrogen (secondary N) is 1. The molecule has 1 unspecified atom stereocenters. The van der Waals surface area contributed by atoms with Gasteiger partial charge in [-0.05, 0) is 49.7 Å². The van der Waals surface area contributed by atoms with E-state index in [-0.39, 0.29) is 0 Å². The summed E-state index contributed by atoms with van der Waals surface area (Å²) in [6, 6.07) is 0.472. The highest BCUT2D eigenvalue weighted by atomic mass is 32.1. The Labute approximate surface area is 121 Å². The molecule has 1 aliphatic rings. The lowest BCUT2D eigenvalue weighted by Crippen LogP contribution is -2.28. The molecule has 2 rings (SSSR count). The van der Waals surface area contributed by atoms with E-state index in [1.54, 1.807) is 11.5 Å². The van der Waals surface area contributed by atoms with Crippen LogP contribution in [0.2, 0.25) is 0 Å². The Kier molecular flexibility index (Phi) is 5.76. The second-order valence-corrected chi connectivity index (χ2v) is 6.57. The fourth-order valence-corrected chi connectivity index (χ4v) is 4.27. The first-order chi connectivity index (χ1) is 9.30. The molecule has 1 N–H and O–H groups in total. The van der Waals surface area contributed by atoms with Gasteiger partial charge in [0.2, 0.25) is 0 Å². The van der Waals surface area contributed by atoms with Crippen LogP contribution >= 0.6 is 11.5 Å². The van der Waals surface area contributed by atoms with Gasteiger partial charge in [-0.2, -0.15) is 0 Å². The van der Waals surface area contributed by atoms with Crippen LogP contribution < -0.4 is 5.32 Å². The number of rotatable bonds is 6. The average molecular weight is 281 g/mol. The Morgan fingerprint density at radius 1 is 1.26 bits per heavy atom. The summed E-state index contributed by atoms with van der Waals surface area (Å²) in [5.74, 6) is 1.73. The summed E-state index contributed by atoms with van der Waals surface area (Å²) in [6.45, 7) is 4.54. The van der Waals surface area contributed by atoms with Crippen molar-refractivity contribution in [2.24, 2.45) is 11.8 Å². The van der Waals surface area contributed by atoms with Gasteiger partial charge in [-0.1, -0.05) is 44.0 Å². The minimum absolute atomic E-state index is 0.472. The monoisotopic (exact) mass is 281 g/mol. The highest BCUT2D eigenvalue weighted by Gasteiger charge is 2.29. The van der Waals surface area contributed by atoms with Gasteiger partial charge in [0.15, 0.2) is 0 Å². The van der Waals surface area contributed by atoms with Crippen LogP contribution in [0, 0.1) is 11.8 Å². The minimum atomic E-state index is 0.472. The third-order valence-electron chi connectivity index (χ3n) is 4.61. The van der Waals surface area contributed by atoms with Crippen molar-refractivity contribution in [1.82, 2.24) is 14.9 Å². The van der Waals surface area contributed by atoms with E-state index < -0.39 is 0 Å². The number of nitrogens with zero attached hydrogens (tertiary/aromatic N) is 2. The molecule has 0 bridgehead atoms. The molecule has 0 aromatic carbocycles. The number of aryl methyl sites for hydroxylation is 1. The zero-order valence-electron chi connectivity index (χ0n) is 12.5. The quantitative estimate of drug-likeness (QED) is 0.857. The van der Waals surface area contributed by atoms with Crippen molar-refractivity contribution in [3.05, 3.63) is 10.6 Å². The van der Waals surface area contributed by atoms with E-state index in [0.717, 1.165) is 24.7 Å². The lowest BCUT2D eigenvalue weighted by molar-refractivity contribution is 0.225. The van der Waals surface area contributed by atoms with Crippen molar-refractivity contribution >= 4 is 11.5 Å². The zero-order valence-corrected chi connectivity index (χ0v) is 13.3. The van der Waals surface area contributed by atoms with Gasteiger partial charge < -0.3 is 5.32 Å². The molecule has 0 aliphatic heterocycles. The van der Waals surface area contributed by atoms with Gasteiger partial charge in [-0.15, -0.1) is 5.10 Å². The lowest BCUT2D eigenvalue weighted by atomic mass is 9.77. The molecule has 0 amide bonds. The lowest BCUT2D eigenvalue weighted by Gasteiger charge is -2.33. The van der Waals surface area contributed by atoms with Crippen molar-refractivity contribution in [3.8, 4) is 0 Å². The summed E-state index contributed by atoms with van der Waals surface area (Å²) in [5.41, 5.74) is 1.23. The molecule has 0 radical (unpaired) electrons. The van der Waals surface area contributed by atoms with Crippen LogP contribution in [0.1, 0.15) is 69.0 Å². The first-order valence-electron chi connectivity index (χ1n) is 7.78. The predicted octanol–water partition coefficient (Wildman–Crippen LogP) is 3.97. The fourth-order valence-electron chi connectivity index (χ4n) is 3.37. The molecule has 4 heteroatoms. The Bertz CT molecular complexity index is 369. The Balaban J connectivity index is 2.05. The topological polar surface area (TPSA) is 37.8 Å². The van der Waals surface area contributed by atoms with Gasteiger partial charge in [0, 0.05) is 6.04 Å². The second kappa shape index (κ2) is 7.34. The Morgan fingerprint density at radius 3 is 2.58 bits per heavy atom. The van der Waals surface area contributed by atoms with Crippen LogP contribution in [0.5, 0.6) is 0 Å². The molecule has 1 heterocycles. The van der Waals surface area contributed by atoms with Gasteiger partial charge in [0.25, 0.3) is 0 Å². The molecule has 108 valence electrons. The Hall–Kier alpha value is -0.480. The molecule has 19 heavy (non-hydrogen) atoms. The van der Waals surface area contributed by atoms with Crippen LogP contribution in [0.25, 0.3) is 0 Å². The molecular formula is C15H27N3S. The molecule has 1 aromatic rings. The van der Waals surface area contributed by atoms with E-state index in [4.69, 9.17) is 0 Å². The minimum Gasteiger partial charge on any atom is -0.312 e. The summed E-state index contributed by atoms with van der Waals surface area (Å²) in [6.07, 6.45) is 9.07. The van der Waals surface area contributed by atoms with Crippen molar-refractivity contribution in [1.29, 1.82) is 0 Å². The van der Waals surface area contributed by atoms with Gasteiger partial charge >= 0.3 is 0 Å². The van der Waals surface area contributed by atoms with Crippen LogP contribution in [0.3, 0.4) is 0 Å².